The van der Waals surface area contributed by atoms with Gasteiger partial charge in [-0.2, -0.15) is 0 Å². The summed E-state index contributed by atoms with van der Waals surface area (Å²) in [5.74, 6) is -3.02. The van der Waals surface area contributed by atoms with E-state index in [-0.39, 0.29) is 24.2 Å². The highest BCUT2D eigenvalue weighted by Crippen LogP contribution is 2.48. The second-order valence-electron chi connectivity index (χ2n) is 9.02. The van der Waals surface area contributed by atoms with E-state index in [1.54, 1.807) is 6.92 Å². The second kappa shape index (κ2) is 8.61. The largest absolute Gasteiger partial charge is 0.868 e. The molecule has 1 aliphatic carbocycles. The van der Waals surface area contributed by atoms with E-state index in [4.69, 9.17) is 4.74 Å². The number of rotatable bonds is 6. The Bertz CT molecular complexity index is 992. The summed E-state index contributed by atoms with van der Waals surface area (Å²) in [6, 6.07) is 3.75. The molecule has 8 nitrogen and oxygen atoms in total. The standard InChI is InChI=1S/C23H28N2O6/c1-5-6-9-31-22(28)19-13(2)24-15-11-23(3,4)12-18(27)21(15)20(19)14-7-8-17(26)16(10-14)25(29)30/h7-8,10,19-20,26H,5-6,9,11-12H2,1-4H3/p-1/t19?,20-/m0/s1. The van der Waals surface area contributed by atoms with Crippen molar-refractivity contribution in [1.82, 2.24) is 0 Å². The van der Waals surface area contributed by atoms with Crippen LogP contribution >= 0.6 is 0 Å². The molecule has 1 unspecified atom stereocenters. The number of nitro groups is 1. The van der Waals surface area contributed by atoms with Crippen LogP contribution in [0.4, 0.5) is 5.69 Å². The van der Waals surface area contributed by atoms with E-state index in [1.807, 2.05) is 20.8 Å². The Morgan fingerprint density at radius 1 is 1.32 bits per heavy atom. The predicted molar refractivity (Wildman–Crippen MR) is 113 cm³/mol. The van der Waals surface area contributed by atoms with Crippen LogP contribution in [0.15, 0.2) is 34.5 Å². The van der Waals surface area contributed by atoms with Crippen molar-refractivity contribution in [3.63, 3.8) is 0 Å². The van der Waals surface area contributed by atoms with E-state index in [9.17, 15) is 24.8 Å². The molecule has 0 saturated carbocycles. The number of nitrogens with zero attached hydrogens (tertiary/aromatic N) is 2. The van der Waals surface area contributed by atoms with Crippen LogP contribution in [0.1, 0.15) is 64.9 Å². The predicted octanol–water partition coefficient (Wildman–Crippen LogP) is 3.83. The number of ether oxygens (including phenoxy) is 1. The third-order valence-electron chi connectivity index (χ3n) is 5.84. The monoisotopic (exact) mass is 427 g/mol. The van der Waals surface area contributed by atoms with Gasteiger partial charge in [0.2, 0.25) is 0 Å². The van der Waals surface area contributed by atoms with Gasteiger partial charge in [-0.3, -0.25) is 24.7 Å². The molecule has 0 radical (unpaired) electrons. The number of benzene rings is 1. The van der Waals surface area contributed by atoms with Crippen LogP contribution in [0.3, 0.4) is 0 Å². The molecule has 1 aromatic carbocycles. The van der Waals surface area contributed by atoms with Crippen molar-refractivity contribution in [2.24, 2.45) is 16.3 Å². The number of aliphatic imine (C=N–C) groups is 1. The van der Waals surface area contributed by atoms with Gasteiger partial charge in [0.25, 0.3) is 5.69 Å². The maximum atomic E-state index is 13.2. The molecule has 31 heavy (non-hydrogen) atoms. The first-order valence-corrected chi connectivity index (χ1v) is 10.5. The molecule has 2 aliphatic rings. The van der Waals surface area contributed by atoms with Crippen molar-refractivity contribution >= 4 is 23.2 Å². The fraction of sp³-hybridized carbons (Fsp3) is 0.522. The molecule has 1 aliphatic heterocycles. The number of carbonyl (C=O) groups excluding carboxylic acids is 2. The average Bonchev–Trinajstić information content (AvgIpc) is 2.66. The Morgan fingerprint density at radius 2 is 2.03 bits per heavy atom. The Kier molecular flexibility index (Phi) is 6.29. The van der Waals surface area contributed by atoms with Gasteiger partial charge in [-0.15, -0.1) is 0 Å². The summed E-state index contributed by atoms with van der Waals surface area (Å²) in [5.41, 5.74) is 1.03. The van der Waals surface area contributed by atoms with E-state index in [1.165, 1.54) is 12.1 Å². The van der Waals surface area contributed by atoms with Crippen molar-refractivity contribution in [3.8, 4) is 5.75 Å². The lowest BCUT2D eigenvalue weighted by Crippen LogP contribution is -2.39. The molecule has 0 aromatic heterocycles. The van der Waals surface area contributed by atoms with Gasteiger partial charge < -0.3 is 9.84 Å². The first-order chi connectivity index (χ1) is 14.6. The van der Waals surface area contributed by atoms with Gasteiger partial charge in [-0.1, -0.05) is 39.3 Å². The summed E-state index contributed by atoms with van der Waals surface area (Å²) in [6.45, 7) is 7.91. The Hall–Kier alpha value is -3.03. The zero-order valence-electron chi connectivity index (χ0n) is 18.3. The quantitative estimate of drug-likeness (QED) is 0.294. The lowest BCUT2D eigenvalue weighted by molar-refractivity contribution is -0.398. The van der Waals surface area contributed by atoms with Crippen LogP contribution in [-0.4, -0.2) is 29.0 Å². The summed E-state index contributed by atoms with van der Waals surface area (Å²) < 4.78 is 5.45. The number of Topliss-reactive ketones (excluding diaryl/α,β-unsaturated/α-hetero) is 1. The van der Waals surface area contributed by atoms with Gasteiger partial charge in [-0.25, -0.2) is 0 Å². The number of ketones is 1. The molecule has 3 rings (SSSR count). The molecule has 8 heteroatoms. The van der Waals surface area contributed by atoms with Crippen molar-refractivity contribution < 1.29 is 24.4 Å². The molecule has 0 fully saturated rings. The van der Waals surface area contributed by atoms with Gasteiger partial charge in [0.1, 0.15) is 5.92 Å². The molecule has 1 heterocycles. The van der Waals surface area contributed by atoms with E-state index >= 15 is 0 Å². The van der Waals surface area contributed by atoms with Gasteiger partial charge in [0.15, 0.2) is 5.78 Å². The molecule has 166 valence electrons. The van der Waals surface area contributed by atoms with Gasteiger partial charge in [0.05, 0.1) is 11.5 Å². The number of esters is 1. The number of hydrogen-bond acceptors (Lipinski definition) is 7. The molecule has 0 amide bonds. The maximum absolute atomic E-state index is 13.2. The third kappa shape index (κ3) is 4.52. The number of carbonyl (C=O) groups is 2. The highest BCUT2D eigenvalue weighted by molar-refractivity contribution is 6.09. The van der Waals surface area contributed by atoms with Crippen molar-refractivity contribution in [1.29, 1.82) is 0 Å². The topological polar surface area (TPSA) is 122 Å². The number of nitro benzene ring substituents is 1. The van der Waals surface area contributed by atoms with Crippen molar-refractivity contribution in [3.05, 3.63) is 45.1 Å². The lowest BCUT2D eigenvalue weighted by atomic mass is 9.67. The average molecular weight is 427 g/mol. The van der Waals surface area contributed by atoms with Gasteiger partial charge >= 0.3 is 5.97 Å². The summed E-state index contributed by atoms with van der Waals surface area (Å²) in [4.78, 5) is 41.4. The summed E-state index contributed by atoms with van der Waals surface area (Å²) in [5, 5.41) is 23.3. The van der Waals surface area contributed by atoms with Crippen LogP contribution in [-0.2, 0) is 14.3 Å². The van der Waals surface area contributed by atoms with Crippen molar-refractivity contribution in [2.75, 3.05) is 6.61 Å². The molecule has 0 saturated heterocycles. The SMILES string of the molecule is CCCCOC(=O)C1C(C)=NC2=C(C(=O)CC(C)(C)C2)[C@H]1c1ccc([O-])c([N+](=O)[O-])c1. The normalized spacial score (nSPS) is 22.6. The molecule has 0 bridgehead atoms. The zero-order valence-corrected chi connectivity index (χ0v) is 18.3. The zero-order chi connectivity index (χ0) is 22.9. The van der Waals surface area contributed by atoms with E-state index in [0.29, 0.717) is 35.4 Å². The molecule has 2 atom stereocenters. The fourth-order valence-electron chi connectivity index (χ4n) is 4.39. The van der Waals surface area contributed by atoms with E-state index in [2.05, 4.69) is 4.99 Å². The smallest absolute Gasteiger partial charge is 0.315 e. The van der Waals surface area contributed by atoms with Crippen LogP contribution in [0.2, 0.25) is 0 Å². The Balaban J connectivity index is 2.15. The number of hydrogen-bond donors (Lipinski definition) is 0. The maximum Gasteiger partial charge on any atom is 0.315 e. The highest BCUT2D eigenvalue weighted by Gasteiger charge is 2.46. The van der Waals surface area contributed by atoms with Gasteiger partial charge in [-0.05, 0) is 36.5 Å². The van der Waals surface area contributed by atoms with Crippen LogP contribution in [0, 0.1) is 21.4 Å². The lowest BCUT2D eigenvalue weighted by Gasteiger charge is -2.39. The molecule has 0 spiro atoms. The Morgan fingerprint density at radius 3 is 2.68 bits per heavy atom. The van der Waals surface area contributed by atoms with Crippen LogP contribution in [0.25, 0.3) is 0 Å². The summed E-state index contributed by atoms with van der Waals surface area (Å²) >= 11 is 0. The van der Waals surface area contributed by atoms with Gasteiger partial charge in [0, 0.05) is 35.4 Å². The van der Waals surface area contributed by atoms with E-state index in [0.717, 1.165) is 12.5 Å². The first-order valence-electron chi connectivity index (χ1n) is 10.5. The highest BCUT2D eigenvalue weighted by atomic mass is 16.6. The first kappa shape index (κ1) is 22.7. The van der Waals surface area contributed by atoms with Crippen LogP contribution in [0.5, 0.6) is 5.75 Å². The fourth-order valence-corrected chi connectivity index (χ4v) is 4.39. The molecule has 0 N–H and O–H groups in total. The minimum absolute atomic E-state index is 0.132. The summed E-state index contributed by atoms with van der Waals surface area (Å²) in [6.07, 6.45) is 2.41. The van der Waals surface area contributed by atoms with Crippen LogP contribution < -0.4 is 5.11 Å². The minimum Gasteiger partial charge on any atom is -0.868 e. The van der Waals surface area contributed by atoms with Crippen molar-refractivity contribution in [2.45, 2.75) is 59.3 Å². The summed E-state index contributed by atoms with van der Waals surface area (Å²) in [7, 11) is 0. The second-order valence-corrected chi connectivity index (χ2v) is 9.02. The number of unbranched alkanes of at least 4 members (excludes halogenated alkanes) is 1. The van der Waals surface area contributed by atoms with E-state index < -0.39 is 34.2 Å². The molecule has 1 aromatic rings. The third-order valence-corrected chi connectivity index (χ3v) is 5.84. The molecular formula is C23H27N2O6-. The minimum atomic E-state index is -0.877. The Labute approximate surface area is 181 Å². The number of allylic oxidation sites excluding steroid dienone is 2. The molecular weight excluding hydrogens is 400 g/mol.